The average Bonchev–Trinajstić information content (AvgIpc) is 2.39. The first-order chi connectivity index (χ1) is 9.03. The predicted octanol–water partition coefficient (Wildman–Crippen LogP) is 1.80. The molecule has 0 aliphatic heterocycles. The summed E-state index contributed by atoms with van der Waals surface area (Å²) in [6.45, 7) is 0. The van der Waals surface area contributed by atoms with Crippen LogP contribution in [0.1, 0.15) is 5.56 Å². The van der Waals surface area contributed by atoms with E-state index in [1.54, 1.807) is 0 Å². The van der Waals surface area contributed by atoms with Crippen LogP contribution in [0.15, 0.2) is 41.7 Å². The summed E-state index contributed by atoms with van der Waals surface area (Å²) < 4.78 is 26.4. The first kappa shape index (κ1) is 13.3. The van der Waals surface area contributed by atoms with Crippen molar-refractivity contribution in [2.45, 2.75) is 4.90 Å². The van der Waals surface area contributed by atoms with E-state index in [9.17, 15) is 8.42 Å². The van der Waals surface area contributed by atoms with Gasteiger partial charge in [0.05, 0.1) is 21.7 Å². The molecule has 2 aromatic rings. The molecule has 8 heteroatoms. The van der Waals surface area contributed by atoms with Gasteiger partial charge in [0.1, 0.15) is 6.07 Å². The van der Waals surface area contributed by atoms with Gasteiger partial charge in [0, 0.05) is 12.4 Å². The monoisotopic (exact) mass is 294 g/mol. The van der Waals surface area contributed by atoms with Crippen LogP contribution in [0.4, 0.5) is 5.82 Å². The van der Waals surface area contributed by atoms with E-state index in [4.69, 9.17) is 16.9 Å². The van der Waals surface area contributed by atoms with Crippen molar-refractivity contribution in [3.63, 3.8) is 0 Å². The first-order valence-electron chi connectivity index (χ1n) is 5.01. The smallest absolute Gasteiger partial charge is 0.262 e. The highest BCUT2D eigenvalue weighted by atomic mass is 35.5. The second kappa shape index (κ2) is 5.22. The molecule has 0 amide bonds. The second-order valence-electron chi connectivity index (χ2n) is 3.45. The van der Waals surface area contributed by atoms with Crippen molar-refractivity contribution in [3.8, 4) is 6.07 Å². The standard InChI is InChI=1S/C11H7ClN4O2S/c12-10-2-1-9(5-8(10)6-13)19(17,18)16-11-7-14-3-4-15-11/h1-5,7H,(H,15,16). The van der Waals surface area contributed by atoms with Crippen LogP contribution in [0.2, 0.25) is 5.02 Å². The number of benzene rings is 1. The lowest BCUT2D eigenvalue weighted by Crippen LogP contribution is -2.14. The normalized spacial score (nSPS) is 10.7. The minimum absolute atomic E-state index is 0.0703. The van der Waals surface area contributed by atoms with E-state index in [0.717, 1.165) is 0 Å². The highest BCUT2D eigenvalue weighted by Crippen LogP contribution is 2.21. The van der Waals surface area contributed by atoms with Crippen LogP contribution < -0.4 is 4.72 Å². The third-order valence-electron chi connectivity index (χ3n) is 2.17. The number of rotatable bonds is 3. The maximum atomic E-state index is 12.0. The third kappa shape index (κ3) is 2.99. The molecule has 19 heavy (non-hydrogen) atoms. The van der Waals surface area contributed by atoms with Crippen LogP contribution in [0.3, 0.4) is 0 Å². The zero-order chi connectivity index (χ0) is 13.9. The Bertz CT molecular complexity index is 741. The molecule has 0 saturated carbocycles. The number of nitrogens with zero attached hydrogens (tertiary/aromatic N) is 3. The summed E-state index contributed by atoms with van der Waals surface area (Å²) >= 11 is 5.75. The molecule has 6 nitrogen and oxygen atoms in total. The molecule has 0 aliphatic rings. The Morgan fingerprint density at radius 3 is 2.74 bits per heavy atom. The molecule has 0 spiro atoms. The number of anilines is 1. The SMILES string of the molecule is N#Cc1cc(S(=O)(=O)Nc2cnccn2)ccc1Cl. The quantitative estimate of drug-likeness (QED) is 0.931. The second-order valence-corrected chi connectivity index (χ2v) is 5.54. The number of aromatic nitrogens is 2. The fourth-order valence-electron chi connectivity index (χ4n) is 1.31. The lowest BCUT2D eigenvalue weighted by Gasteiger charge is -2.07. The molecule has 0 fully saturated rings. The van der Waals surface area contributed by atoms with Crippen LogP contribution in [0, 0.1) is 11.3 Å². The molecule has 2 rings (SSSR count). The van der Waals surface area contributed by atoms with E-state index in [0.29, 0.717) is 0 Å². The van der Waals surface area contributed by atoms with E-state index in [1.807, 2.05) is 6.07 Å². The number of hydrogen-bond acceptors (Lipinski definition) is 5. The van der Waals surface area contributed by atoms with E-state index in [1.165, 1.54) is 36.8 Å². The van der Waals surface area contributed by atoms with E-state index in [2.05, 4.69) is 14.7 Å². The minimum atomic E-state index is -3.82. The van der Waals surface area contributed by atoms with E-state index < -0.39 is 10.0 Å². The maximum Gasteiger partial charge on any atom is 0.263 e. The Kier molecular flexibility index (Phi) is 3.64. The van der Waals surface area contributed by atoms with Gasteiger partial charge in [-0.3, -0.25) is 9.71 Å². The molecule has 0 atom stereocenters. The van der Waals surface area contributed by atoms with Crippen LogP contribution >= 0.6 is 11.6 Å². The van der Waals surface area contributed by atoms with Gasteiger partial charge in [0.25, 0.3) is 10.0 Å². The lowest BCUT2D eigenvalue weighted by molar-refractivity contribution is 0.601. The summed E-state index contributed by atoms with van der Waals surface area (Å²) in [5.41, 5.74) is 0.0867. The van der Waals surface area contributed by atoms with Gasteiger partial charge in [-0.2, -0.15) is 5.26 Å². The molecular formula is C11H7ClN4O2S. The Labute approximate surface area is 114 Å². The molecule has 1 aromatic heterocycles. The summed E-state index contributed by atoms with van der Waals surface area (Å²) in [5.74, 6) is 0.0935. The van der Waals surface area contributed by atoms with Crippen LogP contribution in [0.25, 0.3) is 0 Å². The number of nitriles is 1. The summed E-state index contributed by atoms with van der Waals surface area (Å²) in [4.78, 5) is 7.48. The van der Waals surface area contributed by atoms with Crippen molar-refractivity contribution in [2.75, 3.05) is 4.72 Å². The number of hydrogen-bond donors (Lipinski definition) is 1. The molecule has 1 aromatic carbocycles. The van der Waals surface area contributed by atoms with Crippen molar-refractivity contribution in [2.24, 2.45) is 0 Å². The van der Waals surface area contributed by atoms with Gasteiger partial charge >= 0.3 is 0 Å². The van der Waals surface area contributed by atoms with E-state index >= 15 is 0 Å². The number of sulfonamides is 1. The van der Waals surface area contributed by atoms with Gasteiger partial charge in [-0.1, -0.05) is 11.6 Å². The Balaban J connectivity index is 2.38. The predicted molar refractivity (Wildman–Crippen MR) is 69.0 cm³/mol. The van der Waals surface area contributed by atoms with Crippen molar-refractivity contribution in [3.05, 3.63) is 47.4 Å². The first-order valence-corrected chi connectivity index (χ1v) is 6.87. The Morgan fingerprint density at radius 1 is 1.32 bits per heavy atom. The molecule has 0 radical (unpaired) electrons. The van der Waals surface area contributed by atoms with Crippen molar-refractivity contribution < 1.29 is 8.42 Å². The number of halogens is 1. The molecule has 0 aliphatic carbocycles. The van der Waals surface area contributed by atoms with E-state index in [-0.39, 0.29) is 21.3 Å². The Hall–Kier alpha value is -2.17. The fraction of sp³-hybridized carbons (Fsp3) is 0. The average molecular weight is 295 g/mol. The van der Waals surface area contributed by atoms with Crippen LogP contribution in [-0.2, 0) is 10.0 Å². The highest BCUT2D eigenvalue weighted by Gasteiger charge is 2.16. The largest absolute Gasteiger partial charge is 0.263 e. The molecule has 0 bridgehead atoms. The lowest BCUT2D eigenvalue weighted by atomic mass is 10.2. The highest BCUT2D eigenvalue weighted by molar-refractivity contribution is 7.92. The number of nitrogens with one attached hydrogen (secondary N) is 1. The van der Waals surface area contributed by atoms with Gasteiger partial charge in [0.15, 0.2) is 5.82 Å². The van der Waals surface area contributed by atoms with Gasteiger partial charge in [-0.15, -0.1) is 0 Å². The molecule has 1 heterocycles. The van der Waals surface area contributed by atoms with Gasteiger partial charge in [-0.25, -0.2) is 13.4 Å². The summed E-state index contributed by atoms with van der Waals surface area (Å²) in [6.07, 6.45) is 4.06. The van der Waals surface area contributed by atoms with Crippen LogP contribution in [-0.4, -0.2) is 18.4 Å². The molecular weight excluding hydrogens is 288 g/mol. The van der Waals surface area contributed by atoms with Crippen molar-refractivity contribution >= 4 is 27.4 Å². The zero-order valence-electron chi connectivity index (χ0n) is 9.41. The van der Waals surface area contributed by atoms with Crippen molar-refractivity contribution in [1.82, 2.24) is 9.97 Å². The molecule has 96 valence electrons. The Morgan fingerprint density at radius 2 is 2.11 bits per heavy atom. The molecule has 0 unspecified atom stereocenters. The van der Waals surface area contributed by atoms with Gasteiger partial charge in [-0.05, 0) is 18.2 Å². The van der Waals surface area contributed by atoms with Crippen molar-refractivity contribution in [1.29, 1.82) is 5.26 Å². The molecule has 0 saturated heterocycles. The summed E-state index contributed by atoms with van der Waals surface area (Å²) in [5, 5.41) is 9.02. The topological polar surface area (TPSA) is 95.7 Å². The zero-order valence-corrected chi connectivity index (χ0v) is 11.0. The summed E-state index contributed by atoms with van der Waals surface area (Å²) in [7, 11) is -3.82. The third-order valence-corrected chi connectivity index (χ3v) is 3.85. The maximum absolute atomic E-state index is 12.0. The van der Waals surface area contributed by atoms with Crippen LogP contribution in [0.5, 0.6) is 0 Å². The van der Waals surface area contributed by atoms with Gasteiger partial charge < -0.3 is 0 Å². The molecule has 1 N–H and O–H groups in total. The van der Waals surface area contributed by atoms with Gasteiger partial charge in [0.2, 0.25) is 0 Å². The minimum Gasteiger partial charge on any atom is -0.262 e. The fourth-order valence-corrected chi connectivity index (χ4v) is 2.48. The summed E-state index contributed by atoms with van der Waals surface area (Å²) in [6, 6.07) is 5.67.